The average molecular weight is 358 g/mol. The summed E-state index contributed by atoms with van der Waals surface area (Å²) in [5.74, 6) is -0.302. The van der Waals surface area contributed by atoms with E-state index in [0.29, 0.717) is 12.2 Å². The zero-order valence-electron chi connectivity index (χ0n) is 12.8. The molecule has 4 rings (SSSR count). The van der Waals surface area contributed by atoms with Crippen LogP contribution in [0.1, 0.15) is 28.9 Å². The largest absolute Gasteiger partial charge is 0.330 e. The van der Waals surface area contributed by atoms with E-state index in [1.165, 1.54) is 23.5 Å². The molecule has 0 radical (unpaired) electrons. The van der Waals surface area contributed by atoms with Crippen LogP contribution >= 0.6 is 22.7 Å². The maximum absolute atomic E-state index is 13.1. The Morgan fingerprint density at radius 1 is 1.21 bits per heavy atom. The molecule has 0 spiro atoms. The van der Waals surface area contributed by atoms with Gasteiger partial charge < -0.3 is 4.90 Å². The Kier molecular flexibility index (Phi) is 4.16. The van der Waals surface area contributed by atoms with E-state index >= 15 is 0 Å². The lowest BCUT2D eigenvalue weighted by atomic mass is 10.2. The second-order valence-corrected chi connectivity index (χ2v) is 7.61. The Labute approximate surface area is 147 Å². The molecule has 0 unspecified atom stereocenters. The smallest absolute Gasteiger partial charge is 0.273 e. The number of halogens is 1. The van der Waals surface area contributed by atoms with E-state index in [4.69, 9.17) is 0 Å². The van der Waals surface area contributed by atoms with E-state index in [9.17, 15) is 9.18 Å². The van der Waals surface area contributed by atoms with Crippen LogP contribution in [0.2, 0.25) is 0 Å². The zero-order chi connectivity index (χ0) is 16.5. The lowest BCUT2D eigenvalue weighted by Crippen LogP contribution is -2.32. The monoisotopic (exact) mass is 358 g/mol. The van der Waals surface area contributed by atoms with E-state index in [1.807, 2.05) is 27.8 Å². The molecule has 122 valence electrons. The molecule has 3 nitrogen and oxygen atoms in total. The highest BCUT2D eigenvalue weighted by molar-refractivity contribution is 7.20. The average Bonchev–Trinajstić information content (AvgIpc) is 3.09. The topological polar surface area (TPSA) is 33.2 Å². The fraction of sp³-hybridized carbons (Fsp3) is 0.222. The molecule has 0 saturated heterocycles. The maximum Gasteiger partial charge on any atom is 0.273 e. The van der Waals surface area contributed by atoms with Crippen molar-refractivity contribution in [2.45, 2.75) is 25.4 Å². The molecule has 0 bridgehead atoms. The van der Waals surface area contributed by atoms with E-state index in [1.54, 1.807) is 23.5 Å². The number of thiazole rings is 1. The number of aromatic nitrogens is 1. The molecule has 2 heterocycles. The van der Waals surface area contributed by atoms with Crippen LogP contribution in [0.4, 0.5) is 4.39 Å². The Hall–Kier alpha value is -2.05. The lowest BCUT2D eigenvalue weighted by Gasteiger charge is -2.21. The van der Waals surface area contributed by atoms with E-state index in [2.05, 4.69) is 4.98 Å². The van der Waals surface area contributed by atoms with Gasteiger partial charge in [0.1, 0.15) is 16.5 Å². The van der Waals surface area contributed by atoms with Gasteiger partial charge in [0.2, 0.25) is 0 Å². The molecule has 0 aliphatic heterocycles. The number of carbonyl (C=O) groups excluding carboxylic acids is 1. The van der Waals surface area contributed by atoms with Crippen molar-refractivity contribution in [2.24, 2.45) is 0 Å². The summed E-state index contributed by atoms with van der Waals surface area (Å²) < 4.78 is 13.1. The van der Waals surface area contributed by atoms with Gasteiger partial charge in [-0.2, -0.15) is 0 Å². The van der Waals surface area contributed by atoms with Crippen LogP contribution in [0.25, 0.3) is 9.88 Å². The first-order chi connectivity index (χ1) is 11.7. The van der Waals surface area contributed by atoms with Crippen molar-refractivity contribution < 1.29 is 9.18 Å². The number of hydrogen-bond acceptors (Lipinski definition) is 4. The van der Waals surface area contributed by atoms with Crippen LogP contribution in [0.15, 0.2) is 47.2 Å². The number of nitrogens with zero attached hydrogens (tertiary/aromatic N) is 2. The molecular formula is C18H15FN2OS2. The first-order valence-corrected chi connectivity index (χ1v) is 9.51. The van der Waals surface area contributed by atoms with E-state index < -0.39 is 0 Å². The third-order valence-corrected chi connectivity index (χ3v) is 5.85. The molecule has 1 aromatic carbocycles. The predicted molar refractivity (Wildman–Crippen MR) is 94.7 cm³/mol. The number of hydrogen-bond donors (Lipinski definition) is 0. The summed E-state index contributed by atoms with van der Waals surface area (Å²) in [4.78, 5) is 20.3. The normalized spacial score (nSPS) is 13.9. The Morgan fingerprint density at radius 3 is 2.67 bits per heavy atom. The molecule has 1 amide bonds. The van der Waals surface area contributed by atoms with Crippen LogP contribution in [0, 0.1) is 5.82 Å². The van der Waals surface area contributed by atoms with Gasteiger partial charge in [0, 0.05) is 18.0 Å². The van der Waals surface area contributed by atoms with E-state index in [-0.39, 0.29) is 17.8 Å². The highest BCUT2D eigenvalue weighted by atomic mass is 32.1. The molecule has 3 aromatic rings. The second-order valence-electron chi connectivity index (χ2n) is 5.81. The van der Waals surface area contributed by atoms with Gasteiger partial charge in [0.15, 0.2) is 0 Å². The number of amides is 1. The third-order valence-electron chi connectivity index (χ3n) is 3.97. The number of carbonyl (C=O) groups is 1. The van der Waals surface area contributed by atoms with Crippen molar-refractivity contribution in [1.29, 1.82) is 0 Å². The van der Waals surface area contributed by atoms with Crippen LogP contribution in [0.3, 0.4) is 0 Å². The highest BCUT2D eigenvalue weighted by Crippen LogP contribution is 2.32. The van der Waals surface area contributed by atoms with Crippen molar-refractivity contribution >= 4 is 28.6 Å². The van der Waals surface area contributed by atoms with Crippen molar-refractivity contribution in [3.05, 3.63) is 64.2 Å². The summed E-state index contributed by atoms with van der Waals surface area (Å²) in [6.45, 7) is 0.496. The van der Waals surface area contributed by atoms with Gasteiger partial charge in [-0.1, -0.05) is 18.2 Å². The van der Waals surface area contributed by atoms with Crippen molar-refractivity contribution in [3.8, 4) is 9.88 Å². The molecule has 2 aromatic heterocycles. The Morgan fingerprint density at radius 2 is 2.00 bits per heavy atom. The molecular weight excluding hydrogens is 343 g/mol. The van der Waals surface area contributed by atoms with Gasteiger partial charge in [-0.15, -0.1) is 22.7 Å². The summed E-state index contributed by atoms with van der Waals surface area (Å²) >= 11 is 3.12. The fourth-order valence-electron chi connectivity index (χ4n) is 2.57. The minimum absolute atomic E-state index is 0.0409. The Balaban J connectivity index is 1.55. The summed E-state index contributed by atoms with van der Waals surface area (Å²) in [6, 6.07) is 10.6. The van der Waals surface area contributed by atoms with Gasteiger partial charge >= 0.3 is 0 Å². The second kappa shape index (κ2) is 6.45. The number of thiophene rings is 1. The maximum atomic E-state index is 13.1. The lowest BCUT2D eigenvalue weighted by molar-refractivity contribution is 0.0725. The zero-order valence-corrected chi connectivity index (χ0v) is 14.4. The molecule has 1 aliphatic rings. The summed E-state index contributed by atoms with van der Waals surface area (Å²) in [5, 5.41) is 4.71. The minimum Gasteiger partial charge on any atom is -0.330 e. The molecule has 0 N–H and O–H groups in total. The van der Waals surface area contributed by atoms with Crippen LogP contribution in [-0.2, 0) is 6.54 Å². The van der Waals surface area contributed by atoms with Gasteiger partial charge in [-0.25, -0.2) is 9.37 Å². The molecule has 1 fully saturated rings. The van der Waals surface area contributed by atoms with Crippen LogP contribution in [-0.4, -0.2) is 21.8 Å². The predicted octanol–water partition coefficient (Wildman–Crippen LogP) is 4.82. The quantitative estimate of drug-likeness (QED) is 0.655. The molecule has 1 saturated carbocycles. The third kappa shape index (κ3) is 3.25. The fourth-order valence-corrected chi connectivity index (χ4v) is 4.18. The number of benzene rings is 1. The summed E-state index contributed by atoms with van der Waals surface area (Å²) in [7, 11) is 0. The summed E-state index contributed by atoms with van der Waals surface area (Å²) in [5.41, 5.74) is 1.43. The Bertz CT molecular complexity index is 838. The standard InChI is InChI=1S/C18H15FN2OS2/c19-13-5-3-12(4-6-13)10-21(14-7-8-14)18(22)15-11-24-17(20-15)16-2-1-9-23-16/h1-6,9,11,14H,7-8,10H2. The van der Waals surface area contributed by atoms with Gasteiger partial charge in [-0.3, -0.25) is 4.79 Å². The molecule has 0 atom stereocenters. The minimum atomic E-state index is -0.261. The van der Waals surface area contributed by atoms with Gasteiger partial charge in [0.25, 0.3) is 5.91 Å². The first-order valence-electron chi connectivity index (χ1n) is 7.75. The number of rotatable bonds is 5. The molecule has 6 heteroatoms. The van der Waals surface area contributed by atoms with E-state index in [0.717, 1.165) is 28.3 Å². The van der Waals surface area contributed by atoms with Crippen molar-refractivity contribution in [3.63, 3.8) is 0 Å². The molecule has 1 aliphatic carbocycles. The first kappa shape index (κ1) is 15.5. The SMILES string of the molecule is O=C(c1csc(-c2cccs2)n1)N(Cc1ccc(F)cc1)C1CC1. The highest BCUT2D eigenvalue weighted by Gasteiger charge is 2.34. The van der Waals surface area contributed by atoms with Crippen molar-refractivity contribution in [2.75, 3.05) is 0 Å². The van der Waals surface area contributed by atoms with Crippen molar-refractivity contribution in [1.82, 2.24) is 9.88 Å². The van der Waals surface area contributed by atoms with Crippen LogP contribution in [0.5, 0.6) is 0 Å². The van der Waals surface area contributed by atoms with Crippen LogP contribution < -0.4 is 0 Å². The molecule has 24 heavy (non-hydrogen) atoms. The van der Waals surface area contributed by atoms with Gasteiger partial charge in [0.05, 0.1) is 4.88 Å². The van der Waals surface area contributed by atoms with Gasteiger partial charge in [-0.05, 0) is 42.0 Å². The summed E-state index contributed by atoms with van der Waals surface area (Å²) in [6.07, 6.45) is 2.05.